The minimum Gasteiger partial charge on any atom is -0.493 e. The van der Waals surface area contributed by atoms with Crippen LogP contribution in [0.1, 0.15) is 11.3 Å². The van der Waals surface area contributed by atoms with E-state index < -0.39 is 5.91 Å². The number of nitriles is 1. The van der Waals surface area contributed by atoms with Crippen molar-refractivity contribution in [2.75, 3.05) is 14.2 Å². The van der Waals surface area contributed by atoms with Crippen molar-refractivity contribution >= 4 is 27.9 Å². The second-order valence-corrected chi connectivity index (χ2v) is 5.51. The molecule has 0 bridgehead atoms. The molecule has 1 aromatic heterocycles. The SMILES string of the molecule is COc1cc(Br)c(/C=C(\C#N)C(=O)NCc2ccco2)cc1OC. The van der Waals surface area contributed by atoms with Gasteiger partial charge in [0.2, 0.25) is 0 Å². The molecule has 1 amide bonds. The zero-order valence-corrected chi connectivity index (χ0v) is 14.7. The predicted octanol–water partition coefficient (Wildman–Crippen LogP) is 3.28. The third-order valence-electron chi connectivity index (χ3n) is 3.17. The van der Waals surface area contributed by atoms with Gasteiger partial charge in [0, 0.05) is 4.47 Å². The molecule has 0 unspecified atom stereocenters. The van der Waals surface area contributed by atoms with E-state index in [9.17, 15) is 10.1 Å². The number of hydrogen-bond donors (Lipinski definition) is 1. The fourth-order valence-electron chi connectivity index (χ4n) is 1.96. The summed E-state index contributed by atoms with van der Waals surface area (Å²) in [5.74, 6) is 1.16. The van der Waals surface area contributed by atoms with Crippen molar-refractivity contribution < 1.29 is 18.7 Å². The number of carbonyl (C=O) groups excluding carboxylic acids is 1. The lowest BCUT2D eigenvalue weighted by molar-refractivity contribution is -0.117. The first-order valence-corrected chi connectivity index (χ1v) is 7.72. The van der Waals surface area contributed by atoms with Crippen LogP contribution in [0.25, 0.3) is 6.08 Å². The average molecular weight is 391 g/mol. The highest BCUT2D eigenvalue weighted by Crippen LogP contribution is 2.34. The van der Waals surface area contributed by atoms with Gasteiger partial charge < -0.3 is 19.2 Å². The first-order chi connectivity index (χ1) is 11.6. The summed E-state index contributed by atoms with van der Waals surface area (Å²) >= 11 is 3.39. The Hall–Kier alpha value is -2.72. The largest absolute Gasteiger partial charge is 0.493 e. The van der Waals surface area contributed by atoms with E-state index in [4.69, 9.17) is 13.9 Å². The number of nitrogens with zero attached hydrogens (tertiary/aromatic N) is 1. The molecule has 0 saturated carbocycles. The van der Waals surface area contributed by atoms with E-state index in [0.717, 1.165) is 0 Å². The van der Waals surface area contributed by atoms with E-state index >= 15 is 0 Å². The van der Waals surface area contributed by atoms with Crippen molar-refractivity contribution in [3.63, 3.8) is 0 Å². The van der Waals surface area contributed by atoms with Gasteiger partial charge in [-0.1, -0.05) is 15.9 Å². The minimum atomic E-state index is -0.490. The summed E-state index contributed by atoms with van der Waals surface area (Å²) in [4.78, 5) is 12.1. The molecule has 1 N–H and O–H groups in total. The molecule has 0 atom stereocenters. The Morgan fingerprint density at radius 3 is 2.67 bits per heavy atom. The predicted molar refractivity (Wildman–Crippen MR) is 91.4 cm³/mol. The van der Waals surface area contributed by atoms with Crippen molar-refractivity contribution in [3.8, 4) is 17.6 Å². The molecule has 7 heteroatoms. The summed E-state index contributed by atoms with van der Waals surface area (Å²) in [5.41, 5.74) is 0.590. The number of hydrogen-bond acceptors (Lipinski definition) is 5. The Kier molecular flexibility index (Phi) is 6.04. The maximum Gasteiger partial charge on any atom is 0.262 e. The zero-order valence-electron chi connectivity index (χ0n) is 13.1. The molecule has 0 fully saturated rings. The molecule has 24 heavy (non-hydrogen) atoms. The van der Waals surface area contributed by atoms with Gasteiger partial charge in [0.1, 0.15) is 17.4 Å². The van der Waals surface area contributed by atoms with Crippen LogP contribution in [-0.2, 0) is 11.3 Å². The number of carbonyl (C=O) groups is 1. The van der Waals surface area contributed by atoms with E-state index in [-0.39, 0.29) is 12.1 Å². The average Bonchev–Trinajstić information content (AvgIpc) is 3.11. The molecule has 2 rings (SSSR count). The Morgan fingerprint density at radius 2 is 2.08 bits per heavy atom. The van der Waals surface area contributed by atoms with Gasteiger partial charge in [-0.3, -0.25) is 4.79 Å². The highest BCUT2D eigenvalue weighted by atomic mass is 79.9. The lowest BCUT2D eigenvalue weighted by atomic mass is 10.1. The second kappa shape index (κ2) is 8.22. The summed E-state index contributed by atoms with van der Waals surface area (Å²) in [6.45, 7) is 0.206. The van der Waals surface area contributed by atoms with E-state index in [2.05, 4.69) is 21.2 Å². The molecule has 1 aromatic carbocycles. The van der Waals surface area contributed by atoms with Gasteiger partial charge in [0.15, 0.2) is 11.5 Å². The molecule has 0 saturated heterocycles. The Balaban J connectivity index is 2.23. The summed E-state index contributed by atoms with van der Waals surface area (Å²) < 4.78 is 16.2. The standard InChI is InChI=1S/C17H15BrN2O4/c1-22-15-7-11(14(18)8-16(15)23-2)6-12(9-19)17(21)20-10-13-4-3-5-24-13/h3-8H,10H2,1-2H3,(H,20,21)/b12-6+. The van der Waals surface area contributed by atoms with Gasteiger partial charge in [0.05, 0.1) is 27.0 Å². The van der Waals surface area contributed by atoms with E-state index in [1.54, 1.807) is 24.3 Å². The van der Waals surface area contributed by atoms with Crippen molar-refractivity contribution in [3.05, 3.63) is 51.9 Å². The van der Waals surface area contributed by atoms with Crippen molar-refractivity contribution in [2.24, 2.45) is 0 Å². The third-order valence-corrected chi connectivity index (χ3v) is 3.86. The molecular formula is C17H15BrN2O4. The number of benzene rings is 1. The van der Waals surface area contributed by atoms with Crippen LogP contribution in [0, 0.1) is 11.3 Å². The number of nitrogens with one attached hydrogen (secondary N) is 1. The maximum atomic E-state index is 12.1. The monoisotopic (exact) mass is 390 g/mol. The molecule has 0 aliphatic carbocycles. The van der Waals surface area contributed by atoms with E-state index in [1.165, 1.54) is 26.6 Å². The molecule has 0 spiro atoms. The normalized spacial score (nSPS) is 10.8. The van der Waals surface area contributed by atoms with Crippen molar-refractivity contribution in [1.82, 2.24) is 5.32 Å². The van der Waals surface area contributed by atoms with Crippen LogP contribution in [0.3, 0.4) is 0 Å². The Labute approximate surface area is 147 Å². The third kappa shape index (κ3) is 4.18. The van der Waals surface area contributed by atoms with Crippen molar-refractivity contribution in [1.29, 1.82) is 5.26 Å². The molecule has 0 aliphatic heterocycles. The van der Waals surface area contributed by atoms with Crippen LogP contribution in [-0.4, -0.2) is 20.1 Å². The first-order valence-electron chi connectivity index (χ1n) is 6.93. The molecule has 6 nitrogen and oxygen atoms in total. The van der Waals surface area contributed by atoms with Crippen LogP contribution in [0.15, 0.2) is 45.0 Å². The second-order valence-electron chi connectivity index (χ2n) is 4.66. The summed E-state index contributed by atoms with van der Waals surface area (Å²) in [6.07, 6.45) is 2.99. The van der Waals surface area contributed by atoms with Crippen LogP contribution >= 0.6 is 15.9 Å². The first kappa shape index (κ1) is 17.6. The van der Waals surface area contributed by atoms with Gasteiger partial charge in [-0.15, -0.1) is 0 Å². The van der Waals surface area contributed by atoms with E-state index in [0.29, 0.717) is 27.3 Å². The van der Waals surface area contributed by atoms with Gasteiger partial charge in [0.25, 0.3) is 5.91 Å². The zero-order chi connectivity index (χ0) is 17.5. The Bertz CT molecular complexity index is 792. The summed E-state index contributed by atoms with van der Waals surface area (Å²) in [6, 6.07) is 8.75. The highest BCUT2D eigenvalue weighted by Gasteiger charge is 2.13. The summed E-state index contributed by atoms with van der Waals surface area (Å²) in [7, 11) is 3.04. The Morgan fingerprint density at radius 1 is 1.38 bits per heavy atom. The van der Waals surface area contributed by atoms with Crippen LogP contribution in [0.5, 0.6) is 11.5 Å². The minimum absolute atomic E-state index is 0.0329. The molecule has 2 aromatic rings. The number of methoxy groups -OCH3 is 2. The number of ether oxygens (including phenoxy) is 2. The quantitative estimate of drug-likeness (QED) is 0.604. The highest BCUT2D eigenvalue weighted by molar-refractivity contribution is 9.10. The lowest BCUT2D eigenvalue weighted by Gasteiger charge is -2.10. The number of furan rings is 1. The van der Waals surface area contributed by atoms with Crippen molar-refractivity contribution in [2.45, 2.75) is 6.54 Å². The lowest BCUT2D eigenvalue weighted by Crippen LogP contribution is -2.23. The molecule has 1 heterocycles. The van der Waals surface area contributed by atoms with Crippen LogP contribution in [0.2, 0.25) is 0 Å². The molecule has 124 valence electrons. The number of amides is 1. The molecule has 0 aliphatic rings. The number of rotatable bonds is 6. The maximum absolute atomic E-state index is 12.1. The fourth-order valence-corrected chi connectivity index (χ4v) is 2.40. The smallest absolute Gasteiger partial charge is 0.262 e. The topological polar surface area (TPSA) is 84.5 Å². The van der Waals surface area contributed by atoms with Gasteiger partial charge in [-0.05, 0) is 35.9 Å². The van der Waals surface area contributed by atoms with Gasteiger partial charge in [-0.2, -0.15) is 5.26 Å². The van der Waals surface area contributed by atoms with Gasteiger partial charge >= 0.3 is 0 Å². The molecular weight excluding hydrogens is 376 g/mol. The van der Waals surface area contributed by atoms with Gasteiger partial charge in [-0.25, -0.2) is 0 Å². The van der Waals surface area contributed by atoms with E-state index in [1.807, 2.05) is 6.07 Å². The van der Waals surface area contributed by atoms with Crippen LogP contribution < -0.4 is 14.8 Å². The fraction of sp³-hybridized carbons (Fsp3) is 0.176. The van der Waals surface area contributed by atoms with Crippen LogP contribution in [0.4, 0.5) is 0 Å². The summed E-state index contributed by atoms with van der Waals surface area (Å²) in [5, 5.41) is 11.9. The molecule has 0 radical (unpaired) electrons. The number of halogens is 1.